The van der Waals surface area contributed by atoms with Crippen molar-refractivity contribution in [1.82, 2.24) is 0 Å². The summed E-state index contributed by atoms with van der Waals surface area (Å²) in [6.07, 6.45) is 2.41. The minimum atomic E-state index is -0.368. The Hall–Kier alpha value is -1.77. The van der Waals surface area contributed by atoms with Crippen LogP contribution in [0.5, 0.6) is 0 Å². The van der Waals surface area contributed by atoms with Crippen molar-refractivity contribution in [3.8, 4) is 0 Å². The van der Waals surface area contributed by atoms with Crippen molar-refractivity contribution < 1.29 is 9.53 Å². The van der Waals surface area contributed by atoms with Crippen LogP contribution >= 0.6 is 0 Å². The second-order valence-corrected chi connectivity index (χ2v) is 5.50. The topological polar surface area (TPSA) is 52.3 Å². The first-order chi connectivity index (χ1) is 8.60. The predicted molar refractivity (Wildman–Crippen MR) is 69.8 cm³/mol. The lowest BCUT2D eigenvalue weighted by atomic mass is 9.75. The van der Waals surface area contributed by atoms with Crippen LogP contribution in [0.4, 0.5) is 5.69 Å². The number of carbonyl (C=O) groups excluding carboxylic acids is 1. The van der Waals surface area contributed by atoms with E-state index in [4.69, 9.17) is 10.5 Å². The number of nitrogens with two attached hydrogens (primary N) is 1. The molecule has 3 nitrogen and oxygen atoms in total. The van der Waals surface area contributed by atoms with Crippen LogP contribution in [0.3, 0.4) is 0 Å². The molecule has 3 heteroatoms. The zero-order valence-electron chi connectivity index (χ0n) is 10.3. The summed E-state index contributed by atoms with van der Waals surface area (Å²) in [5.41, 5.74) is 8.38. The fourth-order valence-corrected chi connectivity index (χ4v) is 3.26. The standard InChI is InChI=1S/C15H17NO2/c1-10-6-12-9-18-14(17)15(12,7-10)8-11-2-4-13(16)5-3-11/h2-5,12H,1,6-9,16H2/t12-,15-/m1/s1. The molecular formula is C15H17NO2. The third-order valence-corrected chi connectivity index (χ3v) is 4.20. The van der Waals surface area contributed by atoms with Gasteiger partial charge in [-0.1, -0.05) is 24.3 Å². The Bertz CT molecular complexity index is 506. The number of ether oxygens (including phenoxy) is 1. The van der Waals surface area contributed by atoms with Gasteiger partial charge in [0.2, 0.25) is 0 Å². The number of carbonyl (C=O) groups is 1. The first-order valence-corrected chi connectivity index (χ1v) is 6.28. The number of anilines is 1. The summed E-state index contributed by atoms with van der Waals surface area (Å²) >= 11 is 0. The molecular weight excluding hydrogens is 226 g/mol. The molecule has 1 heterocycles. The molecule has 0 bridgehead atoms. The number of benzene rings is 1. The molecule has 2 N–H and O–H groups in total. The number of rotatable bonds is 2. The molecule has 2 aliphatic rings. The maximum Gasteiger partial charge on any atom is 0.313 e. The molecule has 2 atom stereocenters. The number of cyclic esters (lactones) is 1. The summed E-state index contributed by atoms with van der Waals surface area (Å²) in [4.78, 5) is 12.1. The van der Waals surface area contributed by atoms with Gasteiger partial charge in [-0.05, 0) is 37.0 Å². The number of hydrogen-bond acceptors (Lipinski definition) is 3. The fourth-order valence-electron chi connectivity index (χ4n) is 3.26. The predicted octanol–water partition coefficient (Wildman–Crippen LogP) is 2.32. The van der Waals surface area contributed by atoms with Gasteiger partial charge in [0, 0.05) is 11.6 Å². The molecule has 0 aromatic heterocycles. The number of fused-ring (bicyclic) bond motifs is 1. The van der Waals surface area contributed by atoms with Gasteiger partial charge in [-0.15, -0.1) is 0 Å². The smallest absolute Gasteiger partial charge is 0.313 e. The van der Waals surface area contributed by atoms with Crippen LogP contribution in [0.15, 0.2) is 36.4 Å². The van der Waals surface area contributed by atoms with E-state index in [1.54, 1.807) is 0 Å². The van der Waals surface area contributed by atoms with Crippen LogP contribution in [0.1, 0.15) is 18.4 Å². The van der Waals surface area contributed by atoms with Gasteiger partial charge < -0.3 is 10.5 Å². The van der Waals surface area contributed by atoms with Gasteiger partial charge in [-0.3, -0.25) is 4.79 Å². The molecule has 0 spiro atoms. The molecule has 0 radical (unpaired) electrons. The van der Waals surface area contributed by atoms with Gasteiger partial charge in [-0.25, -0.2) is 0 Å². The molecule has 94 valence electrons. The van der Waals surface area contributed by atoms with E-state index in [9.17, 15) is 4.79 Å². The molecule has 0 amide bonds. The summed E-state index contributed by atoms with van der Waals surface area (Å²) in [5.74, 6) is 0.248. The lowest BCUT2D eigenvalue weighted by molar-refractivity contribution is -0.146. The molecule has 1 aliphatic carbocycles. The lowest BCUT2D eigenvalue weighted by Gasteiger charge is -2.24. The molecule has 3 rings (SSSR count). The third-order valence-electron chi connectivity index (χ3n) is 4.20. The average Bonchev–Trinajstić information content (AvgIpc) is 2.79. The number of allylic oxidation sites excluding steroid dienone is 1. The molecule has 1 saturated heterocycles. The van der Waals surface area contributed by atoms with Crippen LogP contribution in [0.2, 0.25) is 0 Å². The normalized spacial score (nSPS) is 30.3. The summed E-state index contributed by atoms with van der Waals surface area (Å²) in [5, 5.41) is 0. The first-order valence-electron chi connectivity index (χ1n) is 6.28. The number of hydrogen-bond donors (Lipinski definition) is 1. The van der Waals surface area contributed by atoms with Gasteiger partial charge in [0.25, 0.3) is 0 Å². The molecule has 1 aromatic rings. The van der Waals surface area contributed by atoms with E-state index in [2.05, 4.69) is 6.58 Å². The monoisotopic (exact) mass is 243 g/mol. The van der Waals surface area contributed by atoms with Crippen molar-refractivity contribution in [2.45, 2.75) is 19.3 Å². The van der Waals surface area contributed by atoms with Crippen LogP contribution in [-0.2, 0) is 16.0 Å². The Morgan fingerprint density at radius 1 is 1.39 bits per heavy atom. The van der Waals surface area contributed by atoms with Gasteiger partial charge in [0.05, 0.1) is 12.0 Å². The zero-order valence-corrected chi connectivity index (χ0v) is 10.3. The Morgan fingerprint density at radius 3 is 2.83 bits per heavy atom. The van der Waals surface area contributed by atoms with E-state index in [0.717, 1.165) is 30.5 Å². The quantitative estimate of drug-likeness (QED) is 0.492. The van der Waals surface area contributed by atoms with E-state index in [1.807, 2.05) is 24.3 Å². The Labute approximate surface area is 107 Å². The molecule has 0 unspecified atom stereocenters. The minimum absolute atomic E-state index is 0.0528. The van der Waals surface area contributed by atoms with E-state index in [0.29, 0.717) is 12.5 Å². The molecule has 2 fully saturated rings. The van der Waals surface area contributed by atoms with Crippen molar-refractivity contribution in [1.29, 1.82) is 0 Å². The molecule has 1 aromatic carbocycles. The number of nitrogen functional groups attached to an aromatic ring is 1. The highest BCUT2D eigenvalue weighted by Crippen LogP contribution is 2.52. The number of esters is 1. The largest absolute Gasteiger partial charge is 0.465 e. The highest BCUT2D eigenvalue weighted by atomic mass is 16.5. The van der Waals surface area contributed by atoms with Crippen LogP contribution in [0.25, 0.3) is 0 Å². The summed E-state index contributed by atoms with van der Waals surface area (Å²) in [6, 6.07) is 7.75. The van der Waals surface area contributed by atoms with Crippen LogP contribution in [-0.4, -0.2) is 12.6 Å². The maximum atomic E-state index is 12.1. The SMILES string of the molecule is C=C1C[C@@H]2COC(=O)[C@@]2(Cc2ccc(N)cc2)C1. The Kier molecular flexibility index (Phi) is 2.44. The van der Waals surface area contributed by atoms with Crippen molar-refractivity contribution in [2.75, 3.05) is 12.3 Å². The summed E-state index contributed by atoms with van der Waals surface area (Å²) < 4.78 is 5.26. The first kappa shape index (κ1) is 11.3. The third kappa shape index (κ3) is 1.62. The van der Waals surface area contributed by atoms with Gasteiger partial charge in [0.15, 0.2) is 0 Å². The van der Waals surface area contributed by atoms with Crippen LogP contribution < -0.4 is 5.73 Å². The Balaban J connectivity index is 1.91. The van der Waals surface area contributed by atoms with E-state index in [1.165, 1.54) is 5.57 Å². The summed E-state index contributed by atoms with van der Waals surface area (Å²) in [7, 11) is 0. The fraction of sp³-hybridized carbons (Fsp3) is 0.400. The molecule has 1 saturated carbocycles. The summed E-state index contributed by atoms with van der Waals surface area (Å²) in [6.45, 7) is 4.59. The lowest BCUT2D eigenvalue weighted by Crippen LogP contribution is -2.31. The van der Waals surface area contributed by atoms with Crippen molar-refractivity contribution in [3.05, 3.63) is 42.0 Å². The zero-order chi connectivity index (χ0) is 12.8. The van der Waals surface area contributed by atoms with Gasteiger partial charge in [0.1, 0.15) is 0 Å². The second kappa shape index (κ2) is 3.87. The minimum Gasteiger partial charge on any atom is -0.465 e. The Morgan fingerprint density at radius 2 is 2.11 bits per heavy atom. The highest BCUT2D eigenvalue weighted by molar-refractivity contribution is 5.81. The van der Waals surface area contributed by atoms with Gasteiger partial charge in [-0.2, -0.15) is 0 Å². The van der Waals surface area contributed by atoms with Crippen molar-refractivity contribution in [2.24, 2.45) is 11.3 Å². The van der Waals surface area contributed by atoms with Gasteiger partial charge >= 0.3 is 5.97 Å². The van der Waals surface area contributed by atoms with Crippen molar-refractivity contribution in [3.63, 3.8) is 0 Å². The molecule has 1 aliphatic heterocycles. The average molecular weight is 243 g/mol. The van der Waals surface area contributed by atoms with Crippen molar-refractivity contribution >= 4 is 11.7 Å². The van der Waals surface area contributed by atoms with E-state index in [-0.39, 0.29) is 11.4 Å². The van der Waals surface area contributed by atoms with E-state index >= 15 is 0 Å². The molecule has 18 heavy (non-hydrogen) atoms. The maximum absolute atomic E-state index is 12.1. The second-order valence-electron chi connectivity index (χ2n) is 5.50. The highest BCUT2D eigenvalue weighted by Gasteiger charge is 2.55. The van der Waals surface area contributed by atoms with E-state index < -0.39 is 0 Å². The van der Waals surface area contributed by atoms with Crippen LogP contribution in [0, 0.1) is 11.3 Å².